The number of hydrogen-bond donors (Lipinski definition) is 0. The molecule has 6 nitrogen and oxygen atoms in total. The maximum Gasteiger partial charge on any atom is 0.530 e. The standard InChI is InChI=1S/C11H15O6P/c1-3-15-18(12,16-4-2)17-9-5-6-10-11(7-9)14-8-13-10/h5-7H,3-4,8H2,1-2H3. The predicted octanol–water partition coefficient (Wildman–Crippen LogP) is 2.98. The molecule has 0 aromatic heterocycles. The zero-order chi connectivity index (χ0) is 13.0. The smallest absolute Gasteiger partial charge is 0.454 e. The average molecular weight is 274 g/mol. The Balaban J connectivity index is 2.14. The number of rotatable bonds is 6. The summed E-state index contributed by atoms with van der Waals surface area (Å²) in [7, 11) is -3.56. The lowest BCUT2D eigenvalue weighted by Crippen LogP contribution is -2.02. The predicted molar refractivity (Wildman–Crippen MR) is 64.1 cm³/mol. The lowest BCUT2D eigenvalue weighted by Gasteiger charge is -2.17. The van der Waals surface area contributed by atoms with Crippen molar-refractivity contribution >= 4 is 7.82 Å². The van der Waals surface area contributed by atoms with E-state index in [-0.39, 0.29) is 20.0 Å². The molecule has 0 bridgehead atoms. The SMILES string of the molecule is CCOP(=O)(OCC)Oc1ccc2c(c1)OCO2. The van der Waals surface area contributed by atoms with E-state index in [0.29, 0.717) is 17.2 Å². The quantitative estimate of drug-likeness (QED) is 0.743. The van der Waals surface area contributed by atoms with Crippen molar-refractivity contribution in [3.05, 3.63) is 18.2 Å². The van der Waals surface area contributed by atoms with Gasteiger partial charge in [0, 0.05) is 6.07 Å². The van der Waals surface area contributed by atoms with Crippen LogP contribution in [-0.2, 0) is 13.6 Å². The normalized spacial score (nSPS) is 13.7. The highest BCUT2D eigenvalue weighted by molar-refractivity contribution is 7.48. The van der Waals surface area contributed by atoms with Gasteiger partial charge in [-0.2, -0.15) is 0 Å². The minimum absolute atomic E-state index is 0.174. The second-order valence-electron chi connectivity index (χ2n) is 3.39. The fourth-order valence-corrected chi connectivity index (χ4v) is 2.65. The van der Waals surface area contributed by atoms with Gasteiger partial charge in [-0.3, -0.25) is 9.05 Å². The minimum atomic E-state index is -3.56. The van der Waals surface area contributed by atoms with Crippen molar-refractivity contribution in [3.63, 3.8) is 0 Å². The summed E-state index contributed by atoms with van der Waals surface area (Å²) in [5.41, 5.74) is 0. The fraction of sp³-hybridized carbons (Fsp3) is 0.455. The molecule has 1 aliphatic rings. The monoisotopic (exact) mass is 274 g/mol. The highest BCUT2D eigenvalue weighted by Gasteiger charge is 2.28. The summed E-state index contributed by atoms with van der Waals surface area (Å²) < 4.78 is 37.9. The van der Waals surface area contributed by atoms with E-state index in [9.17, 15) is 4.57 Å². The van der Waals surface area contributed by atoms with Gasteiger partial charge >= 0.3 is 7.82 Å². The van der Waals surface area contributed by atoms with Gasteiger partial charge in [0.05, 0.1) is 13.2 Å². The molecule has 1 aromatic rings. The van der Waals surface area contributed by atoms with Crippen LogP contribution in [0.1, 0.15) is 13.8 Å². The fourth-order valence-electron chi connectivity index (χ4n) is 1.47. The van der Waals surface area contributed by atoms with Gasteiger partial charge < -0.3 is 14.0 Å². The van der Waals surface area contributed by atoms with E-state index < -0.39 is 7.82 Å². The molecule has 0 saturated heterocycles. The number of fused-ring (bicyclic) bond motifs is 1. The van der Waals surface area contributed by atoms with Crippen molar-refractivity contribution in [2.24, 2.45) is 0 Å². The Hall–Kier alpha value is -1.23. The average Bonchev–Trinajstić information content (AvgIpc) is 2.76. The lowest BCUT2D eigenvalue weighted by atomic mass is 10.3. The molecule has 0 atom stereocenters. The zero-order valence-electron chi connectivity index (χ0n) is 10.3. The molecule has 0 N–H and O–H groups in total. The van der Waals surface area contributed by atoms with Crippen LogP contribution in [0.25, 0.3) is 0 Å². The highest BCUT2D eigenvalue weighted by atomic mass is 31.2. The van der Waals surface area contributed by atoms with Crippen LogP contribution < -0.4 is 14.0 Å². The van der Waals surface area contributed by atoms with Crippen molar-refractivity contribution in [1.29, 1.82) is 0 Å². The van der Waals surface area contributed by atoms with Crippen molar-refractivity contribution in [2.45, 2.75) is 13.8 Å². The molecular formula is C11H15O6P. The van der Waals surface area contributed by atoms with Crippen molar-refractivity contribution in [1.82, 2.24) is 0 Å². The van der Waals surface area contributed by atoms with Gasteiger partial charge in [-0.15, -0.1) is 0 Å². The minimum Gasteiger partial charge on any atom is -0.454 e. The van der Waals surface area contributed by atoms with Crippen LogP contribution in [-0.4, -0.2) is 20.0 Å². The molecule has 18 heavy (non-hydrogen) atoms. The molecule has 1 aromatic carbocycles. The maximum atomic E-state index is 12.1. The first kappa shape index (κ1) is 13.2. The van der Waals surface area contributed by atoms with E-state index in [1.54, 1.807) is 32.0 Å². The van der Waals surface area contributed by atoms with Crippen molar-refractivity contribution in [3.8, 4) is 17.2 Å². The van der Waals surface area contributed by atoms with Gasteiger partial charge in [0.25, 0.3) is 0 Å². The van der Waals surface area contributed by atoms with E-state index in [2.05, 4.69) is 0 Å². The summed E-state index contributed by atoms with van der Waals surface area (Å²) in [5.74, 6) is 1.53. The van der Waals surface area contributed by atoms with E-state index in [1.807, 2.05) is 0 Å². The zero-order valence-corrected chi connectivity index (χ0v) is 11.1. The van der Waals surface area contributed by atoms with E-state index in [1.165, 1.54) is 0 Å². The van der Waals surface area contributed by atoms with E-state index in [4.69, 9.17) is 23.0 Å². The second kappa shape index (κ2) is 5.61. The second-order valence-corrected chi connectivity index (χ2v) is 4.98. The first-order valence-electron chi connectivity index (χ1n) is 5.65. The van der Waals surface area contributed by atoms with E-state index >= 15 is 0 Å². The first-order chi connectivity index (χ1) is 8.67. The molecule has 0 saturated carbocycles. The molecule has 0 spiro atoms. The van der Waals surface area contributed by atoms with Crippen LogP contribution in [0.4, 0.5) is 0 Å². The van der Waals surface area contributed by atoms with Gasteiger partial charge in [-0.25, -0.2) is 4.57 Å². The Kier molecular flexibility index (Phi) is 4.11. The van der Waals surface area contributed by atoms with Crippen LogP contribution in [0, 0.1) is 0 Å². The van der Waals surface area contributed by atoms with Crippen LogP contribution in [0.2, 0.25) is 0 Å². The summed E-state index contributed by atoms with van der Waals surface area (Å²) in [6.07, 6.45) is 0. The number of benzene rings is 1. The van der Waals surface area contributed by atoms with Crippen molar-refractivity contribution in [2.75, 3.05) is 20.0 Å². The van der Waals surface area contributed by atoms with Gasteiger partial charge in [0.15, 0.2) is 11.5 Å². The molecule has 1 aliphatic heterocycles. The Labute approximate surface area is 105 Å². The molecule has 0 aliphatic carbocycles. The lowest BCUT2D eigenvalue weighted by molar-refractivity contribution is 0.167. The molecule has 0 radical (unpaired) electrons. The van der Waals surface area contributed by atoms with Gasteiger partial charge in [-0.1, -0.05) is 0 Å². The molecule has 7 heteroatoms. The van der Waals surface area contributed by atoms with Gasteiger partial charge in [0.1, 0.15) is 5.75 Å². The largest absolute Gasteiger partial charge is 0.530 e. The molecule has 100 valence electrons. The van der Waals surface area contributed by atoms with Crippen LogP contribution in [0.15, 0.2) is 18.2 Å². The van der Waals surface area contributed by atoms with Crippen LogP contribution >= 0.6 is 7.82 Å². The summed E-state index contributed by atoms with van der Waals surface area (Å²) in [6, 6.07) is 4.89. The number of hydrogen-bond acceptors (Lipinski definition) is 6. The van der Waals surface area contributed by atoms with Gasteiger partial charge in [0.2, 0.25) is 6.79 Å². The summed E-state index contributed by atoms with van der Waals surface area (Å²) in [6.45, 7) is 4.08. The van der Waals surface area contributed by atoms with Crippen LogP contribution in [0.3, 0.4) is 0 Å². The molecule has 1 heterocycles. The Morgan fingerprint density at radius 2 is 1.83 bits per heavy atom. The Morgan fingerprint density at radius 3 is 2.50 bits per heavy atom. The third kappa shape index (κ3) is 2.96. The van der Waals surface area contributed by atoms with Crippen molar-refractivity contribution < 1.29 is 27.6 Å². The molecular weight excluding hydrogens is 259 g/mol. The number of phosphoric ester groups is 1. The summed E-state index contributed by atoms with van der Waals surface area (Å²) in [4.78, 5) is 0. The summed E-state index contributed by atoms with van der Waals surface area (Å²) >= 11 is 0. The van der Waals surface area contributed by atoms with E-state index in [0.717, 1.165) is 0 Å². The third-order valence-corrected chi connectivity index (χ3v) is 3.72. The van der Waals surface area contributed by atoms with Gasteiger partial charge in [-0.05, 0) is 26.0 Å². The topological polar surface area (TPSA) is 63.2 Å². The maximum absolute atomic E-state index is 12.1. The Morgan fingerprint density at radius 1 is 1.17 bits per heavy atom. The first-order valence-corrected chi connectivity index (χ1v) is 7.11. The number of ether oxygens (including phenoxy) is 2. The highest BCUT2D eigenvalue weighted by Crippen LogP contribution is 2.50. The molecule has 0 amide bonds. The van der Waals surface area contributed by atoms with Crippen LogP contribution in [0.5, 0.6) is 17.2 Å². The molecule has 2 rings (SSSR count). The molecule has 0 fully saturated rings. The molecule has 0 unspecified atom stereocenters. The Bertz CT molecular complexity index is 451. The number of phosphoric acid groups is 1. The summed E-state index contributed by atoms with van der Waals surface area (Å²) in [5, 5.41) is 0. The third-order valence-electron chi connectivity index (χ3n) is 2.14.